The molecule has 0 spiro atoms. The number of amides is 1. The highest BCUT2D eigenvalue weighted by molar-refractivity contribution is 6.33. The summed E-state index contributed by atoms with van der Waals surface area (Å²) in [6.45, 7) is 5.94. The smallest absolute Gasteiger partial charge is 0.369 e. The molecule has 12 heteroatoms. The minimum absolute atomic E-state index is 0.118. The van der Waals surface area contributed by atoms with Crippen LogP contribution in [-0.4, -0.2) is 61.5 Å². The number of aryl methyl sites for hydroxylation is 1. The molecule has 5 nitrogen and oxygen atoms in total. The topological polar surface area (TPSA) is 30.0 Å². The fourth-order valence-electron chi connectivity index (χ4n) is 6.18. The molecule has 1 amide bonds. The molecule has 242 valence electrons. The van der Waals surface area contributed by atoms with Gasteiger partial charge in [0.2, 0.25) is 5.91 Å². The van der Waals surface area contributed by atoms with Crippen molar-refractivity contribution in [3.8, 4) is 0 Å². The number of nitrogens with zero attached hydrogens (tertiary/aromatic N) is 4. The normalized spacial score (nSPS) is 18.0. The van der Waals surface area contributed by atoms with Crippen molar-refractivity contribution in [2.24, 2.45) is 0 Å². The monoisotopic (exact) mass is 652 g/mol. The average molecular weight is 653 g/mol. The van der Waals surface area contributed by atoms with Gasteiger partial charge in [-0.3, -0.25) is 9.69 Å². The third kappa shape index (κ3) is 7.87. The lowest BCUT2D eigenvalue weighted by molar-refractivity contribution is -0.143. The number of anilines is 2. The zero-order chi connectivity index (χ0) is 32.5. The van der Waals surface area contributed by atoms with Gasteiger partial charge in [-0.25, -0.2) is 0 Å². The SMILES string of the molecule is Cc1cccc(N2CCN(C(=O)C3CCCN3Cc3ccc(N(C)Cc4cc(C(F)(F)F)cc(C(F)(F)F)c4)c(Cl)c3)CC2)c1. The first-order valence-electron chi connectivity index (χ1n) is 14.8. The molecule has 0 saturated carbocycles. The minimum atomic E-state index is -4.92. The number of halogens is 7. The maximum atomic E-state index is 13.5. The quantitative estimate of drug-likeness (QED) is 0.246. The standard InChI is InChI=1S/C33H35ClF6N4O/c1-22-5-3-6-27(15-22)42-11-13-43(14-12-42)31(45)30-7-4-10-44(30)21-23-8-9-29(28(34)18-23)41(2)20-24-16-25(32(35,36)37)19-26(17-24)33(38,39)40/h3,5-6,8-9,15-19,30H,4,7,10-14,20-21H2,1-2H3. The van der Waals surface area contributed by atoms with Gasteiger partial charge >= 0.3 is 12.4 Å². The summed E-state index contributed by atoms with van der Waals surface area (Å²) in [4.78, 5) is 21.4. The van der Waals surface area contributed by atoms with Crippen molar-refractivity contribution in [1.82, 2.24) is 9.80 Å². The predicted molar refractivity (Wildman–Crippen MR) is 163 cm³/mol. The van der Waals surface area contributed by atoms with Crippen LogP contribution < -0.4 is 9.80 Å². The van der Waals surface area contributed by atoms with Crippen LogP contribution in [0, 0.1) is 6.92 Å². The van der Waals surface area contributed by atoms with Gasteiger partial charge in [0.15, 0.2) is 0 Å². The van der Waals surface area contributed by atoms with Gasteiger partial charge < -0.3 is 14.7 Å². The molecule has 2 aliphatic rings. The highest BCUT2D eigenvalue weighted by atomic mass is 35.5. The molecular weight excluding hydrogens is 618 g/mol. The van der Waals surface area contributed by atoms with Crippen molar-refractivity contribution in [2.75, 3.05) is 49.6 Å². The van der Waals surface area contributed by atoms with E-state index in [1.807, 2.05) is 17.0 Å². The fraction of sp³-hybridized carbons (Fsp3) is 0.424. The Kier molecular flexibility index (Phi) is 9.60. The lowest BCUT2D eigenvalue weighted by atomic mass is 10.0. The van der Waals surface area contributed by atoms with Crippen molar-refractivity contribution in [2.45, 2.75) is 51.2 Å². The molecule has 1 atom stereocenters. The van der Waals surface area contributed by atoms with E-state index in [1.165, 1.54) is 10.5 Å². The van der Waals surface area contributed by atoms with E-state index in [-0.39, 0.29) is 30.1 Å². The Morgan fingerprint density at radius 1 is 0.867 bits per heavy atom. The summed E-state index contributed by atoms with van der Waals surface area (Å²) in [5.74, 6) is 0.123. The first kappa shape index (κ1) is 32.9. The number of carbonyl (C=O) groups is 1. The van der Waals surface area contributed by atoms with Crippen LogP contribution >= 0.6 is 11.6 Å². The Labute approximate surface area is 264 Å². The van der Waals surface area contributed by atoms with Crippen LogP contribution in [-0.2, 0) is 30.2 Å². The van der Waals surface area contributed by atoms with Crippen LogP contribution in [0.15, 0.2) is 60.7 Å². The van der Waals surface area contributed by atoms with Crippen molar-refractivity contribution in [3.05, 3.63) is 93.5 Å². The molecule has 0 radical (unpaired) electrons. The van der Waals surface area contributed by atoms with E-state index < -0.39 is 23.5 Å². The second-order valence-electron chi connectivity index (χ2n) is 11.8. The molecule has 0 aromatic heterocycles. The van der Waals surface area contributed by atoms with Gasteiger partial charge in [-0.05, 0) is 85.5 Å². The van der Waals surface area contributed by atoms with Crippen molar-refractivity contribution in [1.29, 1.82) is 0 Å². The molecule has 2 fully saturated rings. The minimum Gasteiger partial charge on any atom is -0.369 e. The third-order valence-electron chi connectivity index (χ3n) is 8.48. The van der Waals surface area contributed by atoms with E-state index in [9.17, 15) is 31.1 Å². The van der Waals surface area contributed by atoms with Gasteiger partial charge in [0, 0.05) is 52.0 Å². The zero-order valence-corrected chi connectivity index (χ0v) is 25.8. The van der Waals surface area contributed by atoms with Gasteiger partial charge in [0.1, 0.15) is 0 Å². The molecule has 0 N–H and O–H groups in total. The van der Waals surface area contributed by atoms with Crippen LogP contribution in [0.5, 0.6) is 0 Å². The highest BCUT2D eigenvalue weighted by Crippen LogP contribution is 2.37. The third-order valence-corrected chi connectivity index (χ3v) is 8.79. The Morgan fingerprint density at radius 3 is 2.13 bits per heavy atom. The van der Waals surface area contributed by atoms with E-state index in [0.29, 0.717) is 30.3 Å². The number of hydrogen-bond donors (Lipinski definition) is 0. The number of alkyl halides is 6. The van der Waals surface area contributed by atoms with Gasteiger partial charge in [0.25, 0.3) is 0 Å². The largest absolute Gasteiger partial charge is 0.416 e. The van der Waals surface area contributed by atoms with Crippen molar-refractivity contribution in [3.63, 3.8) is 0 Å². The molecule has 0 aliphatic carbocycles. The Morgan fingerprint density at radius 2 is 1.53 bits per heavy atom. The Hall–Kier alpha value is -3.44. The Bertz CT molecular complexity index is 1490. The lowest BCUT2D eigenvalue weighted by Crippen LogP contribution is -2.53. The van der Waals surface area contributed by atoms with Crippen molar-refractivity contribution < 1.29 is 31.1 Å². The first-order chi connectivity index (χ1) is 21.2. The molecule has 2 heterocycles. The van der Waals surface area contributed by atoms with E-state index in [4.69, 9.17) is 11.6 Å². The maximum absolute atomic E-state index is 13.5. The van der Waals surface area contributed by atoms with Crippen LogP contribution in [0.2, 0.25) is 5.02 Å². The summed E-state index contributed by atoms with van der Waals surface area (Å²) < 4.78 is 79.9. The number of rotatable bonds is 7. The summed E-state index contributed by atoms with van der Waals surface area (Å²) in [6, 6.07) is 14.9. The van der Waals surface area contributed by atoms with Crippen LogP contribution in [0.3, 0.4) is 0 Å². The highest BCUT2D eigenvalue weighted by Gasteiger charge is 2.37. The molecular formula is C33H35ClF6N4O. The van der Waals surface area contributed by atoms with E-state index in [2.05, 4.69) is 34.9 Å². The van der Waals surface area contributed by atoms with Crippen LogP contribution in [0.1, 0.15) is 40.7 Å². The zero-order valence-electron chi connectivity index (χ0n) is 25.1. The molecule has 2 saturated heterocycles. The number of likely N-dealkylation sites (tertiary alicyclic amines) is 1. The Balaban J connectivity index is 1.22. The molecule has 3 aromatic rings. The lowest BCUT2D eigenvalue weighted by Gasteiger charge is -2.38. The van der Waals surface area contributed by atoms with E-state index >= 15 is 0 Å². The predicted octanol–water partition coefficient (Wildman–Crippen LogP) is 7.64. The summed E-state index contributed by atoms with van der Waals surface area (Å²) in [7, 11) is 1.56. The molecule has 5 rings (SSSR count). The number of hydrogen-bond acceptors (Lipinski definition) is 4. The molecule has 2 aliphatic heterocycles. The summed E-state index contributed by atoms with van der Waals surface area (Å²) >= 11 is 6.58. The van der Waals surface area contributed by atoms with Gasteiger partial charge in [0.05, 0.1) is 27.9 Å². The summed E-state index contributed by atoms with van der Waals surface area (Å²) in [5.41, 5.74) is 0.832. The first-order valence-corrected chi connectivity index (χ1v) is 15.2. The second-order valence-corrected chi connectivity index (χ2v) is 12.2. The molecule has 45 heavy (non-hydrogen) atoms. The van der Waals surface area contributed by atoms with Gasteiger partial charge in [-0.15, -0.1) is 0 Å². The number of piperazine rings is 1. The average Bonchev–Trinajstić information content (AvgIpc) is 3.44. The van der Waals surface area contributed by atoms with Gasteiger partial charge in [-0.2, -0.15) is 26.3 Å². The van der Waals surface area contributed by atoms with Crippen LogP contribution in [0.4, 0.5) is 37.7 Å². The van der Waals surface area contributed by atoms with E-state index in [0.717, 1.165) is 55.9 Å². The molecule has 3 aromatic carbocycles. The second kappa shape index (κ2) is 13.1. The maximum Gasteiger partial charge on any atom is 0.416 e. The molecule has 1 unspecified atom stereocenters. The number of carbonyl (C=O) groups excluding carboxylic acids is 1. The van der Waals surface area contributed by atoms with Crippen LogP contribution in [0.25, 0.3) is 0 Å². The molecule has 0 bridgehead atoms. The summed E-state index contributed by atoms with van der Waals surface area (Å²) in [5, 5.41) is 0.312. The van der Waals surface area contributed by atoms with Gasteiger partial charge in [-0.1, -0.05) is 29.8 Å². The number of benzene rings is 3. The summed E-state index contributed by atoms with van der Waals surface area (Å²) in [6.07, 6.45) is -8.18. The van der Waals surface area contributed by atoms with E-state index in [1.54, 1.807) is 19.2 Å². The fourth-order valence-corrected chi connectivity index (χ4v) is 6.53. The van der Waals surface area contributed by atoms with Crippen molar-refractivity contribution >= 4 is 28.9 Å².